The number of H-pyrrole nitrogens is 1. The molecule has 0 bridgehead atoms. The first-order valence-corrected chi connectivity index (χ1v) is 9.41. The zero-order chi connectivity index (χ0) is 18.8. The van der Waals surface area contributed by atoms with Gasteiger partial charge < -0.3 is 14.9 Å². The molecule has 0 radical (unpaired) electrons. The van der Waals surface area contributed by atoms with Crippen LogP contribution in [0.5, 0.6) is 0 Å². The van der Waals surface area contributed by atoms with Crippen LogP contribution in [0, 0.1) is 5.92 Å². The van der Waals surface area contributed by atoms with E-state index in [-0.39, 0.29) is 17.9 Å². The Labute approximate surface area is 154 Å². The summed E-state index contributed by atoms with van der Waals surface area (Å²) in [5.74, 6) is 0.0252. The summed E-state index contributed by atoms with van der Waals surface area (Å²) in [6.07, 6.45) is 0. The third-order valence-electron chi connectivity index (χ3n) is 4.36. The van der Waals surface area contributed by atoms with Crippen molar-refractivity contribution in [1.82, 2.24) is 14.9 Å². The second kappa shape index (κ2) is 7.29. The number of nitrogens with zero attached hydrogens (tertiary/aromatic N) is 1. The highest BCUT2D eigenvalue weighted by Gasteiger charge is 2.20. The highest BCUT2D eigenvalue weighted by molar-refractivity contribution is 7.10. The molecular weight excluding hydrogens is 350 g/mol. The van der Waals surface area contributed by atoms with Gasteiger partial charge >= 0.3 is 11.1 Å². The van der Waals surface area contributed by atoms with Gasteiger partial charge in [-0.3, -0.25) is 14.4 Å². The lowest BCUT2D eigenvalue weighted by Gasteiger charge is -2.21. The lowest BCUT2D eigenvalue weighted by atomic mass is 10.0. The van der Waals surface area contributed by atoms with Gasteiger partial charge in [0.1, 0.15) is 0 Å². The van der Waals surface area contributed by atoms with E-state index in [0.29, 0.717) is 23.1 Å². The van der Waals surface area contributed by atoms with Crippen molar-refractivity contribution in [3.8, 4) is 0 Å². The Morgan fingerprint density at radius 1 is 1.27 bits per heavy atom. The Kier molecular flexibility index (Phi) is 5.08. The molecule has 0 saturated heterocycles. The molecule has 6 nitrogen and oxygen atoms in total. The minimum Gasteiger partial charge on any atom is -0.344 e. The van der Waals surface area contributed by atoms with E-state index in [9.17, 15) is 14.4 Å². The number of benzene rings is 1. The zero-order valence-corrected chi connectivity index (χ0v) is 15.7. The molecule has 1 aromatic carbocycles. The van der Waals surface area contributed by atoms with E-state index in [1.165, 1.54) is 4.57 Å². The molecule has 0 unspecified atom stereocenters. The van der Waals surface area contributed by atoms with Crippen LogP contribution in [-0.2, 0) is 6.54 Å². The standard InChI is InChI=1S/C19H21N3O3S/c1-4-22-14-8-7-12(10-13(14)20-18(24)19(22)25)17(23)21-16(11(2)3)15-6-5-9-26-15/h5-11,16H,4H2,1-3H3,(H,20,24)(H,21,23)/t16-/m1/s1. The lowest BCUT2D eigenvalue weighted by molar-refractivity contribution is 0.0926. The predicted molar refractivity (Wildman–Crippen MR) is 104 cm³/mol. The van der Waals surface area contributed by atoms with Crippen LogP contribution in [0.25, 0.3) is 11.0 Å². The molecule has 2 aromatic heterocycles. The first-order valence-electron chi connectivity index (χ1n) is 8.53. The summed E-state index contributed by atoms with van der Waals surface area (Å²) < 4.78 is 1.40. The van der Waals surface area contributed by atoms with Crippen molar-refractivity contribution in [2.45, 2.75) is 33.4 Å². The predicted octanol–water partition coefficient (Wildman–Crippen LogP) is 2.90. The molecule has 26 heavy (non-hydrogen) atoms. The largest absolute Gasteiger partial charge is 0.344 e. The molecule has 0 aliphatic rings. The molecule has 0 aliphatic carbocycles. The van der Waals surface area contributed by atoms with Crippen molar-refractivity contribution in [2.75, 3.05) is 0 Å². The molecule has 0 spiro atoms. The highest BCUT2D eigenvalue weighted by atomic mass is 32.1. The van der Waals surface area contributed by atoms with Crippen LogP contribution < -0.4 is 16.4 Å². The monoisotopic (exact) mass is 371 g/mol. The van der Waals surface area contributed by atoms with Crippen LogP contribution >= 0.6 is 11.3 Å². The van der Waals surface area contributed by atoms with Crippen molar-refractivity contribution < 1.29 is 4.79 Å². The number of aromatic amines is 1. The fourth-order valence-corrected chi connectivity index (χ4v) is 3.94. The number of aryl methyl sites for hydroxylation is 1. The van der Waals surface area contributed by atoms with Crippen LogP contribution in [0.2, 0.25) is 0 Å². The van der Waals surface area contributed by atoms with Crippen molar-refractivity contribution in [1.29, 1.82) is 0 Å². The summed E-state index contributed by atoms with van der Waals surface area (Å²) in [5.41, 5.74) is 0.246. The van der Waals surface area contributed by atoms with Gasteiger partial charge in [-0.25, -0.2) is 0 Å². The third kappa shape index (κ3) is 3.35. The van der Waals surface area contributed by atoms with E-state index in [1.54, 1.807) is 36.5 Å². The van der Waals surface area contributed by atoms with Gasteiger partial charge in [-0.2, -0.15) is 0 Å². The lowest BCUT2D eigenvalue weighted by Crippen LogP contribution is -2.36. The van der Waals surface area contributed by atoms with Gasteiger partial charge in [-0.1, -0.05) is 19.9 Å². The Hall–Kier alpha value is -2.67. The SMILES string of the molecule is CCn1c(=O)c(=O)[nH]c2cc(C(=O)N[C@@H](c3cccs3)C(C)C)ccc21. The fraction of sp³-hybridized carbons (Fsp3) is 0.316. The molecule has 3 aromatic rings. The maximum absolute atomic E-state index is 12.7. The smallest absolute Gasteiger partial charge is 0.316 e. The van der Waals surface area contributed by atoms with Gasteiger partial charge in [0.15, 0.2) is 0 Å². The van der Waals surface area contributed by atoms with Gasteiger partial charge in [0.25, 0.3) is 5.91 Å². The molecule has 0 saturated carbocycles. The number of hydrogen-bond acceptors (Lipinski definition) is 4. The number of carbonyl (C=O) groups is 1. The van der Waals surface area contributed by atoms with E-state index in [0.717, 1.165) is 4.88 Å². The minimum atomic E-state index is -0.685. The zero-order valence-electron chi connectivity index (χ0n) is 14.9. The van der Waals surface area contributed by atoms with Gasteiger partial charge in [0.05, 0.1) is 17.1 Å². The first kappa shape index (κ1) is 18.1. The summed E-state index contributed by atoms with van der Waals surface area (Å²) in [6, 6.07) is 8.87. The van der Waals surface area contributed by atoms with E-state index in [2.05, 4.69) is 24.1 Å². The Morgan fingerprint density at radius 2 is 2.04 bits per heavy atom. The molecule has 2 N–H and O–H groups in total. The quantitative estimate of drug-likeness (QED) is 0.677. The molecular formula is C19H21N3O3S. The molecule has 136 valence electrons. The minimum absolute atomic E-state index is 0.0816. The number of aromatic nitrogens is 2. The highest BCUT2D eigenvalue weighted by Crippen LogP contribution is 2.26. The number of fused-ring (bicyclic) bond motifs is 1. The van der Waals surface area contributed by atoms with Gasteiger partial charge in [-0.05, 0) is 42.5 Å². The van der Waals surface area contributed by atoms with E-state index in [1.807, 2.05) is 17.5 Å². The molecule has 0 fully saturated rings. The van der Waals surface area contributed by atoms with Crippen LogP contribution in [0.3, 0.4) is 0 Å². The summed E-state index contributed by atoms with van der Waals surface area (Å²) >= 11 is 1.61. The summed E-state index contributed by atoms with van der Waals surface area (Å²) in [4.78, 5) is 40.2. The van der Waals surface area contributed by atoms with E-state index in [4.69, 9.17) is 0 Å². The normalized spacial score (nSPS) is 12.5. The third-order valence-corrected chi connectivity index (χ3v) is 5.31. The Bertz CT molecular complexity index is 1050. The number of hydrogen-bond donors (Lipinski definition) is 2. The topological polar surface area (TPSA) is 84.0 Å². The summed E-state index contributed by atoms with van der Waals surface area (Å²) in [5, 5.41) is 5.05. The second-order valence-corrected chi connectivity index (χ2v) is 7.43. The van der Waals surface area contributed by atoms with Gasteiger partial charge in [-0.15, -0.1) is 11.3 Å². The Morgan fingerprint density at radius 3 is 2.65 bits per heavy atom. The average Bonchev–Trinajstić information content (AvgIpc) is 3.14. The number of nitrogens with one attached hydrogen (secondary N) is 2. The van der Waals surface area contributed by atoms with Crippen LogP contribution in [-0.4, -0.2) is 15.5 Å². The molecule has 1 atom stereocenters. The maximum Gasteiger partial charge on any atom is 0.316 e. The average molecular weight is 371 g/mol. The molecule has 7 heteroatoms. The number of thiophene rings is 1. The number of carbonyl (C=O) groups excluding carboxylic acids is 1. The van der Waals surface area contributed by atoms with Crippen molar-refractivity contribution in [2.24, 2.45) is 5.92 Å². The Balaban J connectivity index is 1.97. The van der Waals surface area contributed by atoms with Crippen molar-refractivity contribution in [3.05, 3.63) is 66.9 Å². The second-order valence-electron chi connectivity index (χ2n) is 6.45. The van der Waals surface area contributed by atoms with E-state index >= 15 is 0 Å². The van der Waals surface area contributed by atoms with Crippen molar-refractivity contribution in [3.63, 3.8) is 0 Å². The summed E-state index contributed by atoms with van der Waals surface area (Å²) in [6.45, 7) is 6.30. The van der Waals surface area contributed by atoms with Gasteiger partial charge in [0, 0.05) is 17.0 Å². The maximum atomic E-state index is 12.7. The van der Waals surface area contributed by atoms with Crippen LogP contribution in [0.15, 0.2) is 45.3 Å². The molecule has 0 aliphatic heterocycles. The van der Waals surface area contributed by atoms with Crippen LogP contribution in [0.1, 0.15) is 42.0 Å². The fourth-order valence-electron chi connectivity index (χ4n) is 2.99. The molecule has 1 amide bonds. The first-order chi connectivity index (χ1) is 12.4. The van der Waals surface area contributed by atoms with Crippen molar-refractivity contribution >= 4 is 28.3 Å². The molecule has 2 heterocycles. The number of amides is 1. The number of rotatable bonds is 5. The summed E-state index contributed by atoms with van der Waals surface area (Å²) in [7, 11) is 0. The molecule has 3 rings (SSSR count). The van der Waals surface area contributed by atoms with Gasteiger partial charge in [0.2, 0.25) is 0 Å². The van der Waals surface area contributed by atoms with Crippen LogP contribution in [0.4, 0.5) is 0 Å². The van der Waals surface area contributed by atoms with E-state index < -0.39 is 11.1 Å².